The molecule has 1 N–H and O–H groups in total. The third kappa shape index (κ3) is 2.57. The summed E-state index contributed by atoms with van der Waals surface area (Å²) in [7, 11) is 0. The molecule has 22 heavy (non-hydrogen) atoms. The van der Waals surface area contributed by atoms with E-state index < -0.39 is 11.4 Å². The summed E-state index contributed by atoms with van der Waals surface area (Å²) in [6, 6.07) is 6.80. The summed E-state index contributed by atoms with van der Waals surface area (Å²) in [6.07, 6.45) is 2.63. The minimum Gasteiger partial charge on any atom is -0.481 e. The fraction of sp³-hybridized carbons (Fsp3) is 0.650. The Morgan fingerprint density at radius 2 is 2.05 bits per heavy atom. The van der Waals surface area contributed by atoms with Crippen molar-refractivity contribution in [2.45, 2.75) is 72.1 Å². The first-order chi connectivity index (χ1) is 10.1. The van der Waals surface area contributed by atoms with Crippen molar-refractivity contribution in [3.63, 3.8) is 0 Å². The molecular weight excluding hydrogens is 272 g/mol. The van der Waals surface area contributed by atoms with Gasteiger partial charge in [0.25, 0.3) is 0 Å². The van der Waals surface area contributed by atoms with Gasteiger partial charge < -0.3 is 5.11 Å². The number of fused-ring (bicyclic) bond motifs is 1. The predicted octanol–water partition coefficient (Wildman–Crippen LogP) is 5.15. The summed E-state index contributed by atoms with van der Waals surface area (Å²) < 4.78 is 0. The second-order valence-electron chi connectivity index (χ2n) is 7.96. The van der Waals surface area contributed by atoms with Crippen LogP contribution in [-0.4, -0.2) is 11.1 Å². The van der Waals surface area contributed by atoms with Crippen molar-refractivity contribution < 1.29 is 9.90 Å². The molecule has 0 bridgehead atoms. The second kappa shape index (κ2) is 5.72. The maximum Gasteiger partial charge on any atom is 0.309 e. The Kier molecular flexibility index (Phi) is 4.43. The molecule has 0 amide bonds. The molecule has 2 nitrogen and oxygen atoms in total. The van der Waals surface area contributed by atoms with Crippen LogP contribution in [0.4, 0.5) is 0 Å². The van der Waals surface area contributed by atoms with E-state index in [2.05, 4.69) is 45.9 Å². The van der Waals surface area contributed by atoms with Crippen molar-refractivity contribution in [1.29, 1.82) is 0 Å². The van der Waals surface area contributed by atoms with Gasteiger partial charge in [0.15, 0.2) is 0 Å². The van der Waals surface area contributed by atoms with E-state index in [9.17, 15) is 9.90 Å². The van der Waals surface area contributed by atoms with Crippen LogP contribution in [0, 0.1) is 11.3 Å². The van der Waals surface area contributed by atoms with Crippen LogP contribution in [0.5, 0.6) is 0 Å². The van der Waals surface area contributed by atoms with Gasteiger partial charge in [-0.25, -0.2) is 0 Å². The van der Waals surface area contributed by atoms with E-state index in [1.54, 1.807) is 0 Å². The molecule has 1 aliphatic carbocycles. The summed E-state index contributed by atoms with van der Waals surface area (Å²) in [5.41, 5.74) is 3.37. The number of aryl methyl sites for hydroxylation is 1. The summed E-state index contributed by atoms with van der Waals surface area (Å²) in [4.78, 5) is 11.9. The topological polar surface area (TPSA) is 37.3 Å². The van der Waals surface area contributed by atoms with E-state index in [-0.39, 0.29) is 11.3 Å². The maximum absolute atomic E-state index is 11.9. The molecule has 1 aromatic rings. The average Bonchev–Trinajstić information content (AvgIpc) is 2.45. The molecule has 2 rings (SSSR count). The lowest BCUT2D eigenvalue weighted by atomic mass is 9.55. The van der Waals surface area contributed by atoms with E-state index in [4.69, 9.17) is 0 Å². The lowest BCUT2D eigenvalue weighted by Crippen LogP contribution is -2.47. The van der Waals surface area contributed by atoms with Gasteiger partial charge in [0.2, 0.25) is 0 Å². The Labute approximate surface area is 134 Å². The summed E-state index contributed by atoms with van der Waals surface area (Å²) >= 11 is 0. The van der Waals surface area contributed by atoms with Gasteiger partial charge in [-0.15, -0.1) is 0 Å². The molecule has 0 heterocycles. The van der Waals surface area contributed by atoms with Gasteiger partial charge in [-0.05, 0) is 60.1 Å². The van der Waals surface area contributed by atoms with Crippen molar-refractivity contribution in [3.05, 3.63) is 34.9 Å². The lowest BCUT2D eigenvalue weighted by molar-refractivity contribution is -0.154. The zero-order valence-electron chi connectivity index (χ0n) is 14.9. The number of carboxylic acid groups (broad SMARTS) is 1. The van der Waals surface area contributed by atoms with Crippen molar-refractivity contribution in [2.24, 2.45) is 11.3 Å². The largest absolute Gasteiger partial charge is 0.481 e. The zero-order chi connectivity index (χ0) is 16.7. The summed E-state index contributed by atoms with van der Waals surface area (Å²) in [5, 5.41) is 9.78. The zero-order valence-corrected chi connectivity index (χ0v) is 14.9. The van der Waals surface area contributed by atoms with E-state index in [1.807, 2.05) is 13.8 Å². The van der Waals surface area contributed by atoms with E-state index in [0.29, 0.717) is 12.3 Å². The Hall–Kier alpha value is -1.31. The molecule has 0 saturated heterocycles. The van der Waals surface area contributed by atoms with Crippen molar-refractivity contribution >= 4 is 5.97 Å². The number of rotatable bonds is 4. The summed E-state index contributed by atoms with van der Waals surface area (Å²) in [5.74, 6) is 0.0429. The van der Waals surface area contributed by atoms with Gasteiger partial charge in [0, 0.05) is 0 Å². The fourth-order valence-electron chi connectivity index (χ4n) is 4.32. The van der Waals surface area contributed by atoms with Gasteiger partial charge in [0.05, 0.1) is 5.41 Å². The minimum atomic E-state index is -0.657. The molecule has 0 aliphatic heterocycles. The van der Waals surface area contributed by atoms with Crippen LogP contribution in [-0.2, 0) is 16.6 Å². The maximum atomic E-state index is 11.9. The highest BCUT2D eigenvalue weighted by Gasteiger charge is 2.49. The first-order valence-corrected chi connectivity index (χ1v) is 8.51. The molecule has 1 aliphatic rings. The summed E-state index contributed by atoms with van der Waals surface area (Å²) in [6.45, 7) is 12.8. The van der Waals surface area contributed by atoms with Crippen molar-refractivity contribution in [3.8, 4) is 0 Å². The average molecular weight is 302 g/mol. The molecule has 0 saturated carbocycles. The Morgan fingerprint density at radius 3 is 2.55 bits per heavy atom. The smallest absolute Gasteiger partial charge is 0.309 e. The highest BCUT2D eigenvalue weighted by molar-refractivity contribution is 5.75. The van der Waals surface area contributed by atoms with Gasteiger partial charge in [-0.1, -0.05) is 52.8 Å². The molecule has 2 atom stereocenters. The highest BCUT2D eigenvalue weighted by atomic mass is 16.4. The number of hydrogen-bond donors (Lipinski definition) is 1. The van der Waals surface area contributed by atoms with Gasteiger partial charge in [0.1, 0.15) is 0 Å². The van der Waals surface area contributed by atoms with E-state index in [0.717, 1.165) is 12.8 Å². The Balaban J connectivity index is 2.49. The molecule has 0 unspecified atom stereocenters. The normalized spacial score (nSPS) is 23.0. The lowest BCUT2D eigenvalue weighted by Gasteiger charge is -2.48. The molecule has 0 fully saturated rings. The van der Waals surface area contributed by atoms with Crippen LogP contribution in [0.2, 0.25) is 0 Å². The van der Waals surface area contributed by atoms with Gasteiger partial charge in [-0.3, -0.25) is 4.79 Å². The number of carbonyl (C=O) groups is 1. The number of carboxylic acids is 1. The molecular formula is C20H30O2. The highest BCUT2D eigenvalue weighted by Crippen LogP contribution is 2.51. The molecule has 0 spiro atoms. The van der Waals surface area contributed by atoms with Gasteiger partial charge >= 0.3 is 5.97 Å². The molecule has 1 aromatic carbocycles. The Morgan fingerprint density at radius 1 is 1.41 bits per heavy atom. The third-order valence-corrected chi connectivity index (χ3v) is 6.06. The van der Waals surface area contributed by atoms with Gasteiger partial charge in [-0.2, -0.15) is 0 Å². The number of benzene rings is 1. The minimum absolute atomic E-state index is 0.105. The van der Waals surface area contributed by atoms with Crippen LogP contribution in [0.25, 0.3) is 0 Å². The van der Waals surface area contributed by atoms with Crippen LogP contribution in [0.15, 0.2) is 18.2 Å². The standard InChI is InChI=1S/C20H30O2/c1-7-20(6,18(21)22)17-11-9-15-12-14(13(2)3)8-10-16(15)19(17,4)5/h8,10,12-13,17H,7,9,11H2,1-6H3,(H,21,22)/t17-,20-/m1/s1. The molecule has 122 valence electrons. The van der Waals surface area contributed by atoms with E-state index in [1.165, 1.54) is 16.7 Å². The van der Waals surface area contributed by atoms with Crippen molar-refractivity contribution in [2.75, 3.05) is 0 Å². The number of aliphatic carboxylic acids is 1. The molecule has 0 aromatic heterocycles. The SMILES string of the molecule is CC[C@@](C)(C(=O)O)[C@@H]1CCc2cc(C(C)C)ccc2C1(C)C. The van der Waals surface area contributed by atoms with Crippen molar-refractivity contribution in [1.82, 2.24) is 0 Å². The van der Waals surface area contributed by atoms with Crippen LogP contribution >= 0.6 is 0 Å². The van der Waals surface area contributed by atoms with Crippen LogP contribution < -0.4 is 0 Å². The van der Waals surface area contributed by atoms with Crippen LogP contribution in [0.1, 0.15) is 77.0 Å². The fourth-order valence-corrected chi connectivity index (χ4v) is 4.32. The monoisotopic (exact) mass is 302 g/mol. The first kappa shape index (κ1) is 17.1. The molecule has 0 radical (unpaired) electrons. The van der Waals surface area contributed by atoms with Crippen LogP contribution in [0.3, 0.4) is 0 Å². The number of hydrogen-bond acceptors (Lipinski definition) is 1. The Bertz CT molecular complexity index is 571. The third-order valence-electron chi connectivity index (χ3n) is 6.06. The second-order valence-corrected chi connectivity index (χ2v) is 7.96. The predicted molar refractivity (Wildman–Crippen MR) is 91.4 cm³/mol. The molecule has 2 heteroatoms. The first-order valence-electron chi connectivity index (χ1n) is 8.51. The van der Waals surface area contributed by atoms with E-state index >= 15 is 0 Å². The quantitative estimate of drug-likeness (QED) is 0.835.